The van der Waals surface area contributed by atoms with Crippen molar-refractivity contribution < 1.29 is 4.74 Å². The van der Waals surface area contributed by atoms with E-state index in [1.54, 1.807) is 0 Å². The topological polar surface area (TPSA) is 35.0 Å². The molecule has 26 heavy (non-hydrogen) atoms. The summed E-state index contributed by atoms with van der Waals surface area (Å²) >= 11 is 0. The Kier molecular flexibility index (Phi) is 9.29. The van der Waals surface area contributed by atoms with E-state index in [9.17, 15) is 0 Å². The van der Waals surface area contributed by atoms with Crippen LogP contribution in [0.25, 0.3) is 0 Å². The largest absolute Gasteiger partial charge is 0.494 e. The van der Waals surface area contributed by atoms with Gasteiger partial charge in [-0.05, 0) is 55.0 Å². The molecule has 1 aromatic heterocycles. The molecule has 0 atom stereocenters. The lowest BCUT2D eigenvalue weighted by atomic mass is 10.1. The van der Waals surface area contributed by atoms with Gasteiger partial charge in [-0.1, -0.05) is 51.9 Å². The van der Waals surface area contributed by atoms with Gasteiger partial charge in [-0.15, -0.1) is 0 Å². The number of hydrogen-bond donors (Lipinski definition) is 0. The van der Waals surface area contributed by atoms with E-state index in [0.717, 1.165) is 30.8 Å². The summed E-state index contributed by atoms with van der Waals surface area (Å²) < 4.78 is 5.57. The lowest BCUT2D eigenvalue weighted by molar-refractivity contribution is 0.317. The lowest BCUT2D eigenvalue weighted by Crippen LogP contribution is -1.94. The molecule has 0 fully saturated rings. The summed E-state index contributed by atoms with van der Waals surface area (Å²) in [6.07, 6.45) is 13.7. The molecule has 3 heteroatoms. The van der Waals surface area contributed by atoms with E-state index in [4.69, 9.17) is 4.74 Å². The van der Waals surface area contributed by atoms with Gasteiger partial charge in [-0.2, -0.15) is 0 Å². The predicted octanol–water partition coefficient (Wildman–Crippen LogP) is 5.57. The fourth-order valence-electron chi connectivity index (χ4n) is 2.64. The summed E-state index contributed by atoms with van der Waals surface area (Å²) in [5.41, 5.74) is 2.14. The van der Waals surface area contributed by atoms with Gasteiger partial charge in [0.2, 0.25) is 5.82 Å². The smallest absolute Gasteiger partial charge is 0.205 e. The van der Waals surface area contributed by atoms with E-state index in [2.05, 4.69) is 35.7 Å². The quantitative estimate of drug-likeness (QED) is 0.415. The number of benzene rings is 1. The highest BCUT2D eigenvalue weighted by Gasteiger charge is 1.97. The third kappa shape index (κ3) is 7.70. The molecule has 3 nitrogen and oxygen atoms in total. The Balaban J connectivity index is 1.79. The van der Waals surface area contributed by atoms with Crippen molar-refractivity contribution in [2.45, 2.75) is 65.2 Å². The second-order valence-electron chi connectivity index (χ2n) is 6.56. The van der Waals surface area contributed by atoms with Gasteiger partial charge in [0.15, 0.2) is 0 Å². The van der Waals surface area contributed by atoms with Crippen LogP contribution in [0, 0.1) is 11.8 Å². The summed E-state index contributed by atoms with van der Waals surface area (Å²) in [5.74, 6) is 7.59. The van der Waals surface area contributed by atoms with Crippen LogP contribution in [0.2, 0.25) is 0 Å². The Labute approximate surface area is 158 Å². The zero-order chi connectivity index (χ0) is 18.5. The molecule has 0 saturated heterocycles. The number of hydrogen-bond acceptors (Lipinski definition) is 3. The Morgan fingerprint density at radius 1 is 0.808 bits per heavy atom. The molecule has 0 unspecified atom stereocenters. The van der Waals surface area contributed by atoms with Crippen molar-refractivity contribution in [1.29, 1.82) is 0 Å². The average Bonchev–Trinajstić information content (AvgIpc) is 2.69. The van der Waals surface area contributed by atoms with Crippen LogP contribution in [-0.2, 0) is 6.42 Å². The van der Waals surface area contributed by atoms with Crippen LogP contribution >= 0.6 is 0 Å². The van der Waals surface area contributed by atoms with Crippen LogP contribution in [0.5, 0.6) is 5.75 Å². The number of aromatic nitrogens is 2. The minimum absolute atomic E-state index is 0.572. The predicted molar refractivity (Wildman–Crippen MR) is 107 cm³/mol. The maximum Gasteiger partial charge on any atom is 0.205 e. The van der Waals surface area contributed by atoms with Gasteiger partial charge in [-0.25, -0.2) is 9.97 Å². The molecule has 0 amide bonds. The first-order valence-electron chi connectivity index (χ1n) is 9.87. The molecule has 0 radical (unpaired) electrons. The summed E-state index contributed by atoms with van der Waals surface area (Å²) in [4.78, 5) is 8.74. The van der Waals surface area contributed by atoms with Crippen molar-refractivity contribution in [2.24, 2.45) is 0 Å². The normalized spacial score (nSPS) is 10.2. The van der Waals surface area contributed by atoms with Crippen molar-refractivity contribution in [3.05, 3.63) is 53.6 Å². The zero-order valence-corrected chi connectivity index (χ0v) is 16.1. The highest BCUT2D eigenvalue weighted by molar-refractivity contribution is 5.40. The number of nitrogens with zero attached hydrogens (tertiary/aromatic N) is 2. The second-order valence-corrected chi connectivity index (χ2v) is 6.56. The van der Waals surface area contributed by atoms with Crippen molar-refractivity contribution in [3.63, 3.8) is 0 Å². The average molecular weight is 351 g/mol. The maximum absolute atomic E-state index is 5.57. The minimum atomic E-state index is 0.572. The number of unbranched alkanes of at least 4 members (excludes halogenated alkanes) is 5. The van der Waals surface area contributed by atoms with Crippen molar-refractivity contribution >= 4 is 0 Å². The summed E-state index contributed by atoms with van der Waals surface area (Å²) in [5, 5.41) is 0. The number of aryl methyl sites for hydroxylation is 1. The van der Waals surface area contributed by atoms with Crippen LogP contribution in [-0.4, -0.2) is 16.6 Å². The molecule has 0 N–H and O–H groups in total. The van der Waals surface area contributed by atoms with Crippen LogP contribution < -0.4 is 4.74 Å². The maximum atomic E-state index is 5.57. The first-order valence-corrected chi connectivity index (χ1v) is 9.87. The van der Waals surface area contributed by atoms with E-state index in [1.165, 1.54) is 44.1 Å². The molecule has 2 aromatic rings. The van der Waals surface area contributed by atoms with Gasteiger partial charge in [0.1, 0.15) is 5.75 Å². The van der Waals surface area contributed by atoms with Crippen molar-refractivity contribution in [3.8, 4) is 17.6 Å². The van der Waals surface area contributed by atoms with E-state index < -0.39 is 0 Å². The first kappa shape index (κ1) is 20.0. The van der Waals surface area contributed by atoms with Gasteiger partial charge in [0, 0.05) is 18.0 Å². The van der Waals surface area contributed by atoms with E-state index >= 15 is 0 Å². The summed E-state index contributed by atoms with van der Waals surface area (Å²) in [6.45, 7) is 5.08. The molecular weight excluding hydrogens is 320 g/mol. The molecular formula is C23H30N2O. The highest BCUT2D eigenvalue weighted by Crippen LogP contribution is 2.12. The van der Waals surface area contributed by atoms with Gasteiger partial charge in [0.05, 0.1) is 6.61 Å². The molecule has 0 spiro atoms. The third-order valence-electron chi connectivity index (χ3n) is 4.17. The van der Waals surface area contributed by atoms with Crippen LogP contribution in [0.15, 0.2) is 36.7 Å². The third-order valence-corrected chi connectivity index (χ3v) is 4.17. The second kappa shape index (κ2) is 12.1. The summed E-state index contributed by atoms with van der Waals surface area (Å²) in [6, 6.07) is 7.82. The van der Waals surface area contributed by atoms with Gasteiger partial charge < -0.3 is 4.74 Å². The standard InChI is InChI=1S/C23H30N2O/c1-3-5-6-7-8-9-10-21-18-24-23(25-19-21)16-13-20-11-14-22(15-12-20)26-17-4-2/h11-12,14-15,18-19H,3-10,17H2,1-2H3. The molecule has 138 valence electrons. The lowest BCUT2D eigenvalue weighted by Gasteiger charge is -2.03. The molecule has 0 aliphatic heterocycles. The Morgan fingerprint density at radius 2 is 1.50 bits per heavy atom. The number of rotatable bonds is 10. The molecule has 0 bridgehead atoms. The summed E-state index contributed by atoms with van der Waals surface area (Å²) in [7, 11) is 0. The molecule has 2 rings (SSSR count). The fourth-order valence-corrected chi connectivity index (χ4v) is 2.64. The Morgan fingerprint density at radius 3 is 2.19 bits per heavy atom. The van der Waals surface area contributed by atoms with Gasteiger partial charge in [-0.3, -0.25) is 0 Å². The molecule has 1 aromatic carbocycles. The van der Waals surface area contributed by atoms with Crippen molar-refractivity contribution in [2.75, 3.05) is 6.61 Å². The molecule has 0 aliphatic carbocycles. The SMILES string of the molecule is CCCCCCCCc1cnc(C#Cc2ccc(OCCC)cc2)nc1. The van der Waals surface area contributed by atoms with Crippen LogP contribution in [0.1, 0.15) is 75.7 Å². The molecule has 0 saturated carbocycles. The Bertz CT molecular complexity index is 681. The van der Waals surface area contributed by atoms with E-state index in [0.29, 0.717) is 5.82 Å². The highest BCUT2D eigenvalue weighted by atomic mass is 16.5. The van der Waals surface area contributed by atoms with E-state index in [1.807, 2.05) is 36.7 Å². The fraction of sp³-hybridized carbons (Fsp3) is 0.478. The molecule has 0 aliphatic rings. The number of ether oxygens (including phenoxy) is 1. The minimum Gasteiger partial charge on any atom is -0.494 e. The molecule has 1 heterocycles. The monoisotopic (exact) mass is 350 g/mol. The first-order chi connectivity index (χ1) is 12.8. The van der Waals surface area contributed by atoms with Crippen molar-refractivity contribution in [1.82, 2.24) is 9.97 Å². The van der Waals surface area contributed by atoms with Gasteiger partial charge in [0.25, 0.3) is 0 Å². The Hall–Kier alpha value is -2.34. The van der Waals surface area contributed by atoms with E-state index in [-0.39, 0.29) is 0 Å². The van der Waals surface area contributed by atoms with Gasteiger partial charge >= 0.3 is 0 Å². The van der Waals surface area contributed by atoms with Crippen LogP contribution in [0.3, 0.4) is 0 Å². The zero-order valence-electron chi connectivity index (χ0n) is 16.1. The van der Waals surface area contributed by atoms with Crippen LogP contribution in [0.4, 0.5) is 0 Å².